The molecule has 0 spiro atoms. The van der Waals surface area contributed by atoms with Crippen LogP contribution < -0.4 is 19.5 Å². The van der Waals surface area contributed by atoms with Gasteiger partial charge >= 0.3 is 0 Å². The van der Waals surface area contributed by atoms with Crippen LogP contribution >= 0.6 is 0 Å². The lowest BCUT2D eigenvalue weighted by molar-refractivity contribution is -0.134. The van der Waals surface area contributed by atoms with Gasteiger partial charge in [-0.15, -0.1) is 0 Å². The normalized spacial score (nSPS) is 23.8. The van der Waals surface area contributed by atoms with E-state index in [2.05, 4.69) is 15.0 Å². The number of nitrogens with one attached hydrogen (secondary N) is 2. The van der Waals surface area contributed by atoms with E-state index in [0.29, 0.717) is 42.9 Å². The fourth-order valence-electron chi connectivity index (χ4n) is 5.38. The highest BCUT2D eigenvalue weighted by molar-refractivity contribution is 7.89. The maximum atomic E-state index is 14.1. The lowest BCUT2D eigenvalue weighted by Crippen LogP contribution is -2.51. The van der Waals surface area contributed by atoms with Crippen molar-refractivity contribution in [2.45, 2.75) is 61.5 Å². The lowest BCUT2D eigenvalue weighted by Gasteiger charge is -2.29. The standard InChI is InChI=1S/C29H37N5O7S/c1-33-12-4-3-5-26(32-42(38,39)25-10-8-23(40-2)9-11-25)29(37)34-17-21(31-27(35)19-6-7-19)14-22(34)18-41-24-13-20(28(33)36)15-30-16-24/h8-11,13,15-16,19,21-22,26,32H,3-7,12,14,17-18H2,1-2H3,(H,31,35)/t21-,22-,26-/m0/s1. The number of nitrogens with zero attached hydrogens (tertiary/aromatic N) is 3. The fraction of sp³-hybridized carbons (Fsp3) is 0.517. The Balaban J connectivity index is 1.41. The second kappa shape index (κ2) is 12.7. The first-order valence-electron chi connectivity index (χ1n) is 14.2. The van der Waals surface area contributed by atoms with Gasteiger partial charge in [0.2, 0.25) is 21.8 Å². The predicted molar refractivity (Wildman–Crippen MR) is 152 cm³/mol. The quantitative estimate of drug-likeness (QED) is 0.509. The molecule has 5 rings (SSSR count). The molecular weight excluding hydrogens is 562 g/mol. The minimum absolute atomic E-state index is 0.0139. The molecule has 1 aromatic carbocycles. The van der Waals surface area contributed by atoms with Gasteiger partial charge in [0.05, 0.1) is 29.8 Å². The molecule has 2 bridgehead atoms. The van der Waals surface area contributed by atoms with Crippen LogP contribution in [0.2, 0.25) is 0 Å². The van der Waals surface area contributed by atoms with Crippen molar-refractivity contribution in [1.82, 2.24) is 24.8 Å². The van der Waals surface area contributed by atoms with Crippen molar-refractivity contribution in [3.63, 3.8) is 0 Å². The number of carbonyl (C=O) groups is 3. The zero-order valence-corrected chi connectivity index (χ0v) is 24.6. The van der Waals surface area contributed by atoms with E-state index < -0.39 is 22.1 Å². The Labute approximate surface area is 245 Å². The number of aromatic nitrogens is 1. The molecule has 3 heterocycles. The van der Waals surface area contributed by atoms with Gasteiger partial charge in [0, 0.05) is 38.3 Å². The smallest absolute Gasteiger partial charge is 0.255 e. The number of ether oxygens (including phenoxy) is 2. The van der Waals surface area contributed by atoms with Crippen molar-refractivity contribution in [2.75, 3.05) is 33.9 Å². The summed E-state index contributed by atoms with van der Waals surface area (Å²) in [5, 5.41) is 3.06. The largest absolute Gasteiger partial charge is 0.497 e. The zero-order chi connectivity index (χ0) is 29.9. The SMILES string of the molecule is COc1ccc(S(=O)(=O)N[C@H]2CCCCN(C)C(=O)c3cncc(c3)OC[C@@H]3C[C@H](NC(=O)C4CC4)CN3C2=O)cc1. The molecule has 3 aliphatic rings. The molecule has 3 amide bonds. The molecule has 3 atom stereocenters. The topological polar surface area (TPSA) is 147 Å². The van der Waals surface area contributed by atoms with Crippen molar-refractivity contribution in [2.24, 2.45) is 5.92 Å². The number of benzene rings is 1. The van der Waals surface area contributed by atoms with Gasteiger partial charge in [-0.2, -0.15) is 4.72 Å². The Kier molecular flexibility index (Phi) is 8.97. The molecular formula is C29H37N5O7S. The Morgan fingerprint density at radius 1 is 1.10 bits per heavy atom. The minimum Gasteiger partial charge on any atom is -0.497 e. The fourth-order valence-corrected chi connectivity index (χ4v) is 6.61. The van der Waals surface area contributed by atoms with Gasteiger partial charge in [0.1, 0.15) is 24.1 Å². The monoisotopic (exact) mass is 599 g/mol. The van der Waals surface area contributed by atoms with Gasteiger partial charge < -0.3 is 24.6 Å². The highest BCUT2D eigenvalue weighted by Crippen LogP contribution is 2.30. The molecule has 12 nitrogen and oxygen atoms in total. The van der Waals surface area contributed by atoms with E-state index in [1.165, 1.54) is 31.6 Å². The molecule has 13 heteroatoms. The van der Waals surface area contributed by atoms with E-state index in [0.717, 1.165) is 12.8 Å². The first-order chi connectivity index (χ1) is 20.1. The molecule has 42 heavy (non-hydrogen) atoms. The van der Waals surface area contributed by atoms with E-state index >= 15 is 0 Å². The average molecular weight is 600 g/mol. The average Bonchev–Trinajstić information content (AvgIpc) is 3.77. The summed E-state index contributed by atoms with van der Waals surface area (Å²) in [5.41, 5.74) is 0.393. The second-order valence-corrected chi connectivity index (χ2v) is 12.9. The van der Waals surface area contributed by atoms with Crippen LogP contribution in [-0.2, 0) is 19.6 Å². The zero-order valence-electron chi connectivity index (χ0n) is 23.8. The summed E-state index contributed by atoms with van der Waals surface area (Å²) in [7, 11) is -0.868. The van der Waals surface area contributed by atoms with Gasteiger partial charge in [0.15, 0.2) is 0 Å². The number of pyridine rings is 1. The van der Waals surface area contributed by atoms with Crippen LogP contribution in [0.3, 0.4) is 0 Å². The van der Waals surface area contributed by atoms with Crippen LogP contribution in [0.15, 0.2) is 47.6 Å². The highest BCUT2D eigenvalue weighted by Gasteiger charge is 2.41. The number of hydrogen-bond donors (Lipinski definition) is 2. The van der Waals surface area contributed by atoms with Crippen LogP contribution in [0.5, 0.6) is 11.5 Å². The minimum atomic E-state index is -4.05. The number of carbonyl (C=O) groups excluding carboxylic acids is 3. The molecule has 2 aliphatic heterocycles. The van der Waals surface area contributed by atoms with E-state index in [1.807, 2.05) is 0 Å². The molecule has 1 saturated carbocycles. The molecule has 2 aromatic rings. The summed E-state index contributed by atoms with van der Waals surface area (Å²) in [5.74, 6) is 0.308. The molecule has 1 aliphatic carbocycles. The summed E-state index contributed by atoms with van der Waals surface area (Å²) in [6.45, 7) is 0.748. The molecule has 0 radical (unpaired) electrons. The van der Waals surface area contributed by atoms with Crippen LogP contribution in [0, 0.1) is 5.92 Å². The molecule has 0 unspecified atom stereocenters. The first-order valence-corrected chi connectivity index (χ1v) is 15.7. The number of sulfonamides is 1. The summed E-state index contributed by atoms with van der Waals surface area (Å²) >= 11 is 0. The summed E-state index contributed by atoms with van der Waals surface area (Å²) < 4.78 is 40.6. The van der Waals surface area contributed by atoms with E-state index in [4.69, 9.17) is 9.47 Å². The van der Waals surface area contributed by atoms with Crippen molar-refractivity contribution >= 4 is 27.7 Å². The molecule has 2 N–H and O–H groups in total. The van der Waals surface area contributed by atoms with Crippen LogP contribution in [0.25, 0.3) is 0 Å². The predicted octanol–water partition coefficient (Wildman–Crippen LogP) is 1.57. The maximum Gasteiger partial charge on any atom is 0.255 e. The number of amides is 3. The third-order valence-electron chi connectivity index (χ3n) is 7.94. The second-order valence-electron chi connectivity index (χ2n) is 11.2. The number of rotatable bonds is 6. The Bertz CT molecular complexity index is 1410. The number of hydrogen-bond acceptors (Lipinski definition) is 8. The molecule has 1 saturated heterocycles. The third kappa shape index (κ3) is 7.01. The van der Waals surface area contributed by atoms with E-state index in [1.54, 1.807) is 35.0 Å². The van der Waals surface area contributed by atoms with Crippen LogP contribution in [0.4, 0.5) is 0 Å². The van der Waals surface area contributed by atoms with Crippen molar-refractivity contribution < 1.29 is 32.3 Å². The molecule has 1 aromatic heterocycles. The van der Waals surface area contributed by atoms with Gasteiger partial charge in [-0.3, -0.25) is 19.4 Å². The lowest BCUT2D eigenvalue weighted by atomic mass is 10.1. The maximum absolute atomic E-state index is 14.1. The third-order valence-corrected chi connectivity index (χ3v) is 9.43. The van der Waals surface area contributed by atoms with Crippen molar-refractivity contribution in [3.8, 4) is 11.5 Å². The summed E-state index contributed by atoms with van der Waals surface area (Å²) in [6, 6.07) is 5.81. The summed E-state index contributed by atoms with van der Waals surface area (Å²) in [4.78, 5) is 46.9. The van der Waals surface area contributed by atoms with Crippen LogP contribution in [0.1, 0.15) is 48.9 Å². The van der Waals surface area contributed by atoms with Crippen LogP contribution in [-0.4, -0.2) is 92.9 Å². The number of methoxy groups -OCH3 is 1. The highest BCUT2D eigenvalue weighted by atomic mass is 32.2. The van der Waals surface area contributed by atoms with E-state index in [9.17, 15) is 22.8 Å². The number of fused-ring (bicyclic) bond motifs is 3. The Morgan fingerprint density at radius 2 is 1.86 bits per heavy atom. The van der Waals surface area contributed by atoms with Gasteiger partial charge in [-0.05, 0) is 68.9 Å². The molecule has 226 valence electrons. The van der Waals surface area contributed by atoms with Gasteiger partial charge in [-0.1, -0.05) is 0 Å². The summed E-state index contributed by atoms with van der Waals surface area (Å²) in [6.07, 6.45) is 6.46. The van der Waals surface area contributed by atoms with Crippen molar-refractivity contribution in [3.05, 3.63) is 48.3 Å². The van der Waals surface area contributed by atoms with Gasteiger partial charge in [0.25, 0.3) is 5.91 Å². The first kappa shape index (κ1) is 29.8. The van der Waals surface area contributed by atoms with Crippen molar-refractivity contribution in [1.29, 1.82) is 0 Å². The molecule has 2 fully saturated rings. The van der Waals surface area contributed by atoms with E-state index in [-0.39, 0.29) is 54.1 Å². The Morgan fingerprint density at radius 3 is 2.57 bits per heavy atom. The van der Waals surface area contributed by atoms with Gasteiger partial charge in [-0.25, -0.2) is 8.42 Å². The Hall–Kier alpha value is -3.71.